The zero-order valence-corrected chi connectivity index (χ0v) is 15.0. The summed E-state index contributed by atoms with van der Waals surface area (Å²) in [5.74, 6) is 0.280. The van der Waals surface area contributed by atoms with Crippen LogP contribution in [-0.2, 0) is 27.8 Å². The summed E-state index contributed by atoms with van der Waals surface area (Å²) in [6.07, 6.45) is 5.99. The normalized spacial score (nSPS) is 20.2. The van der Waals surface area contributed by atoms with Crippen molar-refractivity contribution in [3.8, 4) is 0 Å². The van der Waals surface area contributed by atoms with Crippen LogP contribution < -0.4 is 5.32 Å². The maximum Gasteiger partial charge on any atom is 0.229 e. The number of sulfonamides is 1. The Morgan fingerprint density at radius 1 is 1.35 bits per heavy atom. The average Bonchev–Trinajstić information content (AvgIpc) is 2.96. The third kappa shape index (κ3) is 3.75. The fourth-order valence-corrected chi connectivity index (χ4v) is 5.39. The number of amides is 1. The van der Waals surface area contributed by atoms with Crippen molar-refractivity contribution in [1.29, 1.82) is 0 Å². The van der Waals surface area contributed by atoms with Gasteiger partial charge in [0.2, 0.25) is 15.9 Å². The first kappa shape index (κ1) is 16.9. The van der Waals surface area contributed by atoms with Gasteiger partial charge in [-0.3, -0.25) is 4.79 Å². The number of thiazole rings is 1. The fourth-order valence-electron chi connectivity index (χ4n) is 3.22. The molecule has 3 rings (SSSR count). The van der Waals surface area contributed by atoms with Crippen molar-refractivity contribution in [2.45, 2.75) is 52.0 Å². The molecule has 0 aromatic carbocycles. The summed E-state index contributed by atoms with van der Waals surface area (Å²) in [7, 11) is -3.17. The molecule has 0 spiro atoms. The summed E-state index contributed by atoms with van der Waals surface area (Å²) in [6, 6.07) is 0. The van der Waals surface area contributed by atoms with Crippen molar-refractivity contribution < 1.29 is 13.2 Å². The van der Waals surface area contributed by atoms with Crippen LogP contribution in [0, 0.1) is 5.92 Å². The lowest BCUT2D eigenvalue weighted by atomic mass is 9.89. The Labute approximate surface area is 141 Å². The Balaban J connectivity index is 1.67. The molecule has 1 N–H and O–H groups in total. The Hall–Kier alpha value is -0.990. The van der Waals surface area contributed by atoms with Crippen LogP contribution in [0.3, 0.4) is 0 Å². The van der Waals surface area contributed by atoms with Crippen LogP contribution in [0.15, 0.2) is 0 Å². The van der Waals surface area contributed by atoms with E-state index in [2.05, 4.69) is 10.3 Å². The van der Waals surface area contributed by atoms with Gasteiger partial charge in [-0.05, 0) is 19.8 Å². The summed E-state index contributed by atoms with van der Waals surface area (Å²) in [5.41, 5.74) is 0.927. The maximum absolute atomic E-state index is 12.3. The molecule has 0 radical (unpaired) electrons. The summed E-state index contributed by atoms with van der Waals surface area (Å²) >= 11 is 1.41. The molecule has 0 unspecified atom stereocenters. The SMILES string of the molecule is CCS(=O)(=O)N1CCc2nc(NC(=O)C3CCCCC3)sc2C1. The van der Waals surface area contributed by atoms with Crippen LogP contribution in [0.25, 0.3) is 0 Å². The second-order valence-corrected chi connectivity index (χ2v) is 9.54. The maximum atomic E-state index is 12.3. The van der Waals surface area contributed by atoms with Crippen molar-refractivity contribution in [2.24, 2.45) is 5.92 Å². The van der Waals surface area contributed by atoms with Gasteiger partial charge in [0.15, 0.2) is 5.13 Å². The van der Waals surface area contributed by atoms with Crippen LogP contribution in [0.1, 0.15) is 49.6 Å². The minimum atomic E-state index is -3.17. The molecular weight excluding hydrogens is 334 g/mol. The molecule has 0 atom stereocenters. The first-order valence-electron chi connectivity index (χ1n) is 8.27. The van der Waals surface area contributed by atoms with Gasteiger partial charge in [-0.15, -0.1) is 11.3 Å². The lowest BCUT2D eigenvalue weighted by molar-refractivity contribution is -0.120. The van der Waals surface area contributed by atoms with E-state index < -0.39 is 10.0 Å². The molecule has 23 heavy (non-hydrogen) atoms. The summed E-state index contributed by atoms with van der Waals surface area (Å²) in [5, 5.41) is 3.55. The third-order valence-electron chi connectivity index (χ3n) is 4.66. The van der Waals surface area contributed by atoms with Crippen molar-refractivity contribution >= 4 is 32.4 Å². The van der Waals surface area contributed by atoms with Crippen LogP contribution in [0.4, 0.5) is 5.13 Å². The minimum absolute atomic E-state index is 0.0637. The van der Waals surface area contributed by atoms with Gasteiger partial charge in [0.05, 0.1) is 11.4 Å². The second-order valence-electron chi connectivity index (χ2n) is 6.20. The number of fused-ring (bicyclic) bond motifs is 1. The van der Waals surface area contributed by atoms with E-state index in [-0.39, 0.29) is 17.6 Å². The average molecular weight is 358 g/mol. The predicted molar refractivity (Wildman–Crippen MR) is 90.9 cm³/mol. The number of nitrogens with one attached hydrogen (secondary N) is 1. The molecule has 2 heterocycles. The molecule has 2 aliphatic rings. The number of hydrogen-bond donors (Lipinski definition) is 1. The van der Waals surface area contributed by atoms with Gasteiger partial charge < -0.3 is 5.32 Å². The summed E-state index contributed by atoms with van der Waals surface area (Å²) in [6.45, 7) is 2.51. The van der Waals surface area contributed by atoms with Gasteiger partial charge in [0.25, 0.3) is 0 Å². The van der Waals surface area contributed by atoms with Gasteiger partial charge in [0.1, 0.15) is 0 Å². The first-order valence-corrected chi connectivity index (χ1v) is 10.7. The predicted octanol–water partition coefficient (Wildman–Crippen LogP) is 2.37. The van der Waals surface area contributed by atoms with Crippen LogP contribution in [0.2, 0.25) is 0 Å². The summed E-state index contributed by atoms with van der Waals surface area (Å²) in [4.78, 5) is 17.7. The molecule has 0 saturated heterocycles. The number of nitrogens with zero attached hydrogens (tertiary/aromatic N) is 2. The first-order chi connectivity index (χ1) is 11.0. The molecule has 1 aromatic rings. The molecule has 1 aliphatic heterocycles. The molecule has 0 bridgehead atoms. The van der Waals surface area contributed by atoms with Crippen LogP contribution in [-0.4, -0.2) is 35.9 Å². The van der Waals surface area contributed by atoms with E-state index in [4.69, 9.17) is 0 Å². The smallest absolute Gasteiger partial charge is 0.229 e. The van der Waals surface area contributed by atoms with E-state index in [9.17, 15) is 13.2 Å². The van der Waals surface area contributed by atoms with Gasteiger partial charge in [-0.1, -0.05) is 19.3 Å². The molecule has 1 aliphatic carbocycles. The van der Waals surface area contributed by atoms with Gasteiger partial charge >= 0.3 is 0 Å². The zero-order valence-electron chi connectivity index (χ0n) is 13.4. The Morgan fingerprint density at radius 2 is 2.09 bits per heavy atom. The molecule has 1 saturated carbocycles. The standard InChI is InChI=1S/C15H23N3O3S2/c1-2-23(20,21)18-9-8-12-13(10-18)22-15(16-12)17-14(19)11-6-4-3-5-7-11/h11H,2-10H2,1H3,(H,16,17,19). The molecule has 6 nitrogen and oxygen atoms in total. The lowest BCUT2D eigenvalue weighted by Gasteiger charge is -2.24. The van der Waals surface area contributed by atoms with Crippen LogP contribution in [0.5, 0.6) is 0 Å². The molecule has 8 heteroatoms. The van der Waals surface area contributed by atoms with Gasteiger partial charge in [0, 0.05) is 30.3 Å². The van der Waals surface area contributed by atoms with Crippen molar-refractivity contribution in [3.05, 3.63) is 10.6 Å². The molecule has 1 aromatic heterocycles. The lowest BCUT2D eigenvalue weighted by Crippen LogP contribution is -2.36. The van der Waals surface area contributed by atoms with E-state index in [0.29, 0.717) is 24.6 Å². The zero-order chi connectivity index (χ0) is 16.4. The van der Waals surface area contributed by atoms with E-state index in [0.717, 1.165) is 36.3 Å². The second kappa shape index (κ2) is 6.86. The Kier molecular flexibility index (Phi) is 5.03. The number of rotatable bonds is 4. The van der Waals surface area contributed by atoms with E-state index >= 15 is 0 Å². The van der Waals surface area contributed by atoms with E-state index in [1.165, 1.54) is 22.1 Å². The molecule has 1 fully saturated rings. The van der Waals surface area contributed by atoms with E-state index in [1.54, 1.807) is 6.92 Å². The van der Waals surface area contributed by atoms with Gasteiger partial charge in [-0.2, -0.15) is 4.31 Å². The largest absolute Gasteiger partial charge is 0.302 e. The Morgan fingerprint density at radius 3 is 2.78 bits per heavy atom. The highest BCUT2D eigenvalue weighted by atomic mass is 32.2. The topological polar surface area (TPSA) is 79.4 Å². The quantitative estimate of drug-likeness (QED) is 0.897. The number of carbonyl (C=O) groups excluding carboxylic acids is 1. The van der Waals surface area contributed by atoms with Crippen LogP contribution >= 0.6 is 11.3 Å². The van der Waals surface area contributed by atoms with Gasteiger partial charge in [-0.25, -0.2) is 13.4 Å². The minimum Gasteiger partial charge on any atom is -0.302 e. The van der Waals surface area contributed by atoms with Crippen molar-refractivity contribution in [2.75, 3.05) is 17.6 Å². The fraction of sp³-hybridized carbons (Fsp3) is 0.733. The highest BCUT2D eigenvalue weighted by molar-refractivity contribution is 7.89. The molecule has 1 amide bonds. The highest BCUT2D eigenvalue weighted by Gasteiger charge is 2.29. The van der Waals surface area contributed by atoms with Crippen molar-refractivity contribution in [1.82, 2.24) is 9.29 Å². The van der Waals surface area contributed by atoms with Crippen molar-refractivity contribution in [3.63, 3.8) is 0 Å². The molecular formula is C15H23N3O3S2. The van der Waals surface area contributed by atoms with E-state index in [1.807, 2.05) is 0 Å². The monoisotopic (exact) mass is 357 g/mol. The number of hydrogen-bond acceptors (Lipinski definition) is 5. The number of aromatic nitrogens is 1. The number of carbonyl (C=O) groups is 1. The highest BCUT2D eigenvalue weighted by Crippen LogP contribution is 2.31. The Bertz CT molecular complexity index is 678. The number of anilines is 1. The third-order valence-corrected chi connectivity index (χ3v) is 7.49. The summed E-state index contributed by atoms with van der Waals surface area (Å²) < 4.78 is 25.5. The molecule has 128 valence electrons.